The Morgan fingerprint density at radius 3 is 2.52 bits per heavy atom. The molecule has 1 saturated carbocycles. The minimum absolute atomic E-state index is 0.0936. The van der Waals surface area contributed by atoms with Crippen molar-refractivity contribution in [2.75, 3.05) is 0 Å². The van der Waals surface area contributed by atoms with Crippen molar-refractivity contribution in [3.8, 4) is 0 Å². The molecule has 1 aromatic carbocycles. The predicted molar refractivity (Wildman–Crippen MR) is 76.7 cm³/mol. The third-order valence-electron chi connectivity index (χ3n) is 3.95. The number of halogens is 5. The van der Waals surface area contributed by atoms with Crippen molar-refractivity contribution in [2.45, 2.75) is 38.3 Å². The molecule has 0 saturated heterocycles. The quantitative estimate of drug-likeness (QED) is 0.713. The largest absolute Gasteiger partial charge is 0.391 e. The average Bonchev–Trinajstić information content (AvgIpc) is 2.42. The number of ketones is 1. The highest BCUT2D eigenvalue weighted by molar-refractivity contribution is 6.42. The number of benzene rings is 1. The molecule has 2 atom stereocenters. The summed E-state index contributed by atoms with van der Waals surface area (Å²) in [6.07, 6.45) is -3.09. The van der Waals surface area contributed by atoms with E-state index in [1.807, 2.05) is 0 Å². The standard InChI is InChI=1S/C15H15Cl2F3O/c16-12-5-4-9(6-13(12)17)7-14(21)10-2-1-3-11(8-10)15(18,19)20/h4-6,10-11H,1-3,7-8H2. The van der Waals surface area contributed by atoms with Gasteiger partial charge in [-0.2, -0.15) is 13.2 Å². The monoisotopic (exact) mass is 338 g/mol. The van der Waals surface area contributed by atoms with Crippen LogP contribution in [0.25, 0.3) is 0 Å². The fourth-order valence-electron chi connectivity index (χ4n) is 2.77. The minimum Gasteiger partial charge on any atom is -0.299 e. The third kappa shape index (κ3) is 4.36. The Labute approximate surface area is 131 Å². The Kier molecular flexibility index (Phi) is 5.20. The summed E-state index contributed by atoms with van der Waals surface area (Å²) in [6.45, 7) is 0. The molecule has 0 aromatic heterocycles. The number of carbonyl (C=O) groups is 1. The molecule has 0 amide bonds. The summed E-state index contributed by atoms with van der Waals surface area (Å²) >= 11 is 11.7. The highest BCUT2D eigenvalue weighted by Gasteiger charge is 2.43. The molecule has 0 radical (unpaired) electrons. The van der Waals surface area contributed by atoms with Crippen molar-refractivity contribution in [1.29, 1.82) is 0 Å². The molecule has 1 aliphatic rings. The molecule has 0 heterocycles. The number of carbonyl (C=O) groups excluding carboxylic acids is 1. The second-order valence-electron chi connectivity index (χ2n) is 5.49. The van der Waals surface area contributed by atoms with Crippen molar-refractivity contribution in [3.05, 3.63) is 33.8 Å². The molecule has 0 spiro atoms. The first-order valence-electron chi connectivity index (χ1n) is 6.80. The lowest BCUT2D eigenvalue weighted by Gasteiger charge is -2.29. The van der Waals surface area contributed by atoms with Gasteiger partial charge in [-0.05, 0) is 37.0 Å². The van der Waals surface area contributed by atoms with E-state index in [0.29, 0.717) is 28.5 Å². The van der Waals surface area contributed by atoms with E-state index in [2.05, 4.69) is 0 Å². The SMILES string of the molecule is O=C(Cc1ccc(Cl)c(Cl)c1)C1CCCC(C(F)(F)F)C1. The maximum atomic E-state index is 12.8. The van der Waals surface area contributed by atoms with Gasteiger partial charge < -0.3 is 0 Å². The second kappa shape index (κ2) is 6.57. The average molecular weight is 339 g/mol. The number of hydrogen-bond donors (Lipinski definition) is 0. The van der Waals surface area contributed by atoms with Gasteiger partial charge in [0.25, 0.3) is 0 Å². The first kappa shape index (κ1) is 16.6. The molecule has 1 aliphatic carbocycles. The first-order valence-corrected chi connectivity index (χ1v) is 7.56. The van der Waals surface area contributed by atoms with Crippen LogP contribution in [0.3, 0.4) is 0 Å². The van der Waals surface area contributed by atoms with E-state index in [4.69, 9.17) is 23.2 Å². The molecule has 2 unspecified atom stereocenters. The minimum atomic E-state index is -4.21. The van der Waals surface area contributed by atoms with Crippen LogP contribution >= 0.6 is 23.2 Å². The molecule has 1 aromatic rings. The highest BCUT2D eigenvalue weighted by atomic mass is 35.5. The molecule has 0 aliphatic heterocycles. The van der Waals surface area contributed by atoms with Gasteiger partial charge in [0.05, 0.1) is 16.0 Å². The third-order valence-corrected chi connectivity index (χ3v) is 4.69. The van der Waals surface area contributed by atoms with Crippen molar-refractivity contribution < 1.29 is 18.0 Å². The Balaban J connectivity index is 2.01. The van der Waals surface area contributed by atoms with Crippen molar-refractivity contribution >= 4 is 29.0 Å². The lowest BCUT2D eigenvalue weighted by molar-refractivity contribution is -0.186. The zero-order chi connectivity index (χ0) is 15.6. The van der Waals surface area contributed by atoms with Crippen molar-refractivity contribution in [1.82, 2.24) is 0 Å². The van der Waals surface area contributed by atoms with Gasteiger partial charge >= 0.3 is 6.18 Å². The first-order chi connectivity index (χ1) is 9.77. The summed E-state index contributed by atoms with van der Waals surface area (Å²) in [5.74, 6) is -2.02. The fraction of sp³-hybridized carbons (Fsp3) is 0.533. The van der Waals surface area contributed by atoms with Gasteiger partial charge in [-0.25, -0.2) is 0 Å². The second-order valence-corrected chi connectivity index (χ2v) is 6.31. The van der Waals surface area contributed by atoms with E-state index in [1.165, 1.54) is 0 Å². The Morgan fingerprint density at radius 2 is 1.90 bits per heavy atom. The number of hydrogen-bond acceptors (Lipinski definition) is 1. The van der Waals surface area contributed by atoms with Gasteiger partial charge in [0.2, 0.25) is 0 Å². The summed E-state index contributed by atoms with van der Waals surface area (Å²) in [5.41, 5.74) is 0.684. The molecule has 1 nitrogen and oxygen atoms in total. The van der Waals surface area contributed by atoms with Crippen LogP contribution in [0.4, 0.5) is 13.2 Å². The Morgan fingerprint density at radius 1 is 1.19 bits per heavy atom. The molecular weight excluding hydrogens is 324 g/mol. The maximum absolute atomic E-state index is 12.8. The predicted octanol–water partition coefficient (Wildman–Crippen LogP) is 5.47. The van der Waals surface area contributed by atoms with Crippen LogP contribution < -0.4 is 0 Å². The normalized spacial score (nSPS) is 23.1. The molecule has 21 heavy (non-hydrogen) atoms. The van der Waals surface area contributed by atoms with Gasteiger partial charge in [0.15, 0.2) is 0 Å². The molecule has 6 heteroatoms. The van der Waals surface area contributed by atoms with Crippen LogP contribution in [0.1, 0.15) is 31.2 Å². The lowest BCUT2D eigenvalue weighted by Crippen LogP contribution is -2.32. The summed E-state index contributed by atoms with van der Waals surface area (Å²) in [4.78, 5) is 12.2. The zero-order valence-electron chi connectivity index (χ0n) is 11.2. The van der Waals surface area contributed by atoms with Crippen LogP contribution in [0, 0.1) is 11.8 Å². The molecule has 1 fully saturated rings. The van der Waals surface area contributed by atoms with E-state index in [9.17, 15) is 18.0 Å². The van der Waals surface area contributed by atoms with E-state index in [0.717, 1.165) is 0 Å². The fourth-order valence-corrected chi connectivity index (χ4v) is 3.10. The smallest absolute Gasteiger partial charge is 0.299 e. The van der Waals surface area contributed by atoms with Crippen molar-refractivity contribution in [3.63, 3.8) is 0 Å². The number of rotatable bonds is 3. The molecule has 0 bridgehead atoms. The van der Waals surface area contributed by atoms with Crippen LogP contribution in [-0.4, -0.2) is 12.0 Å². The van der Waals surface area contributed by atoms with Gasteiger partial charge in [0.1, 0.15) is 5.78 Å². The Hall–Kier alpha value is -0.740. The van der Waals surface area contributed by atoms with Crippen LogP contribution in [-0.2, 0) is 11.2 Å². The molecular formula is C15H15Cl2F3O. The molecule has 0 N–H and O–H groups in total. The molecule has 116 valence electrons. The summed E-state index contributed by atoms with van der Waals surface area (Å²) < 4.78 is 38.3. The highest BCUT2D eigenvalue weighted by Crippen LogP contribution is 2.40. The summed E-state index contributed by atoms with van der Waals surface area (Å²) in [7, 11) is 0. The maximum Gasteiger partial charge on any atom is 0.391 e. The van der Waals surface area contributed by atoms with Gasteiger partial charge in [-0.15, -0.1) is 0 Å². The van der Waals surface area contributed by atoms with Gasteiger partial charge in [0, 0.05) is 12.3 Å². The van der Waals surface area contributed by atoms with Crippen LogP contribution in [0.5, 0.6) is 0 Å². The Bertz CT molecular complexity index is 528. The molecule has 2 rings (SSSR count). The van der Waals surface area contributed by atoms with Crippen molar-refractivity contribution in [2.24, 2.45) is 11.8 Å². The van der Waals surface area contributed by atoms with E-state index in [-0.39, 0.29) is 25.0 Å². The van der Waals surface area contributed by atoms with Crippen LogP contribution in [0.2, 0.25) is 10.0 Å². The number of alkyl halides is 3. The van der Waals surface area contributed by atoms with Crippen LogP contribution in [0.15, 0.2) is 18.2 Å². The van der Waals surface area contributed by atoms with Gasteiger partial charge in [-0.1, -0.05) is 35.7 Å². The summed E-state index contributed by atoms with van der Waals surface area (Å²) in [5, 5.41) is 0.737. The van der Waals surface area contributed by atoms with E-state index < -0.39 is 18.0 Å². The lowest BCUT2D eigenvalue weighted by atomic mass is 9.78. The van der Waals surface area contributed by atoms with E-state index >= 15 is 0 Å². The number of Topliss-reactive ketones (excluding diaryl/α,β-unsaturated/α-hetero) is 1. The van der Waals surface area contributed by atoms with E-state index in [1.54, 1.807) is 18.2 Å². The van der Waals surface area contributed by atoms with Gasteiger partial charge in [-0.3, -0.25) is 4.79 Å². The summed E-state index contributed by atoms with van der Waals surface area (Å²) in [6, 6.07) is 4.86. The zero-order valence-corrected chi connectivity index (χ0v) is 12.7. The topological polar surface area (TPSA) is 17.1 Å².